The van der Waals surface area contributed by atoms with E-state index in [9.17, 15) is 0 Å². The highest BCUT2D eigenvalue weighted by atomic mass is 32.1. The molecule has 1 aliphatic rings. The predicted octanol–water partition coefficient (Wildman–Crippen LogP) is 3.13. The number of fused-ring (bicyclic) bond motifs is 1. The molecule has 126 valence electrons. The summed E-state index contributed by atoms with van der Waals surface area (Å²) in [7, 11) is 0. The van der Waals surface area contributed by atoms with Crippen molar-refractivity contribution in [3.63, 3.8) is 0 Å². The maximum absolute atomic E-state index is 5.40. The molecule has 2 aromatic carbocycles. The van der Waals surface area contributed by atoms with Crippen LogP contribution < -0.4 is 25.2 Å². The molecule has 0 fully saturated rings. The third-order valence-corrected chi connectivity index (χ3v) is 4.02. The molecule has 1 heterocycles. The van der Waals surface area contributed by atoms with Crippen LogP contribution >= 0.6 is 12.2 Å². The summed E-state index contributed by atoms with van der Waals surface area (Å²) in [6, 6.07) is 14.2. The molecule has 0 atom stereocenters. The van der Waals surface area contributed by atoms with Gasteiger partial charge in [-0.1, -0.05) is 23.8 Å². The van der Waals surface area contributed by atoms with E-state index in [2.05, 4.69) is 48.9 Å². The molecule has 0 aliphatic carbocycles. The topological polar surface area (TPSA) is 45.8 Å². The summed E-state index contributed by atoms with van der Waals surface area (Å²) in [6.45, 7) is 5.86. The SMILES string of the molecule is CCN(NC(=S)NCc1ccc2c(c1)OCO2)c1ccc(C)cc1. The highest BCUT2D eigenvalue weighted by Gasteiger charge is 2.13. The number of nitrogens with zero attached hydrogens (tertiary/aromatic N) is 1. The lowest BCUT2D eigenvalue weighted by Crippen LogP contribution is -2.47. The number of hydrogen-bond acceptors (Lipinski definition) is 4. The molecule has 0 spiro atoms. The molecule has 24 heavy (non-hydrogen) atoms. The lowest BCUT2D eigenvalue weighted by Gasteiger charge is -2.25. The number of hydrogen-bond donors (Lipinski definition) is 2. The number of benzene rings is 2. The van der Waals surface area contributed by atoms with Gasteiger partial charge in [0, 0.05) is 13.1 Å². The van der Waals surface area contributed by atoms with E-state index in [0.717, 1.165) is 29.3 Å². The van der Waals surface area contributed by atoms with E-state index >= 15 is 0 Å². The fraction of sp³-hybridized carbons (Fsp3) is 0.278. The zero-order valence-corrected chi connectivity index (χ0v) is 14.7. The first kappa shape index (κ1) is 16.4. The maximum atomic E-state index is 5.40. The summed E-state index contributed by atoms with van der Waals surface area (Å²) in [5.41, 5.74) is 6.62. The van der Waals surface area contributed by atoms with Gasteiger partial charge in [0.15, 0.2) is 16.6 Å². The molecule has 3 rings (SSSR count). The molecule has 0 unspecified atom stereocenters. The van der Waals surface area contributed by atoms with Crippen molar-refractivity contribution < 1.29 is 9.47 Å². The average molecular weight is 343 g/mol. The van der Waals surface area contributed by atoms with E-state index in [1.807, 2.05) is 23.2 Å². The number of nitrogens with one attached hydrogen (secondary N) is 2. The molecule has 0 aromatic heterocycles. The molecule has 0 saturated heterocycles. The Morgan fingerprint density at radius 3 is 2.62 bits per heavy atom. The lowest BCUT2D eigenvalue weighted by atomic mass is 10.2. The van der Waals surface area contributed by atoms with Crippen LogP contribution in [0.25, 0.3) is 0 Å². The van der Waals surface area contributed by atoms with Crippen LogP contribution in [0.1, 0.15) is 18.1 Å². The molecule has 1 aliphatic heterocycles. The fourth-order valence-corrected chi connectivity index (χ4v) is 2.63. The van der Waals surface area contributed by atoms with Crippen LogP contribution in [0.15, 0.2) is 42.5 Å². The van der Waals surface area contributed by atoms with Crippen LogP contribution in [0, 0.1) is 6.92 Å². The summed E-state index contributed by atoms with van der Waals surface area (Å²) in [5.74, 6) is 1.57. The predicted molar refractivity (Wildman–Crippen MR) is 99.3 cm³/mol. The molecule has 0 radical (unpaired) electrons. The van der Waals surface area contributed by atoms with Gasteiger partial charge in [-0.3, -0.25) is 10.4 Å². The van der Waals surface area contributed by atoms with E-state index in [1.165, 1.54) is 5.56 Å². The smallest absolute Gasteiger partial charge is 0.231 e. The third kappa shape index (κ3) is 3.89. The van der Waals surface area contributed by atoms with Crippen molar-refractivity contribution in [1.29, 1.82) is 0 Å². The first-order chi connectivity index (χ1) is 11.7. The minimum absolute atomic E-state index is 0.286. The van der Waals surface area contributed by atoms with Gasteiger partial charge in [-0.05, 0) is 55.9 Å². The largest absolute Gasteiger partial charge is 0.454 e. The van der Waals surface area contributed by atoms with Crippen LogP contribution in [0.3, 0.4) is 0 Å². The molecular formula is C18H21N3O2S. The Morgan fingerprint density at radius 1 is 1.12 bits per heavy atom. The van der Waals surface area contributed by atoms with E-state index in [4.69, 9.17) is 21.7 Å². The fourth-order valence-electron chi connectivity index (χ4n) is 2.45. The molecule has 0 amide bonds. The van der Waals surface area contributed by atoms with Gasteiger partial charge in [0.2, 0.25) is 6.79 Å². The second-order valence-corrected chi connectivity index (χ2v) is 5.97. The van der Waals surface area contributed by atoms with Gasteiger partial charge in [-0.15, -0.1) is 0 Å². The minimum atomic E-state index is 0.286. The Morgan fingerprint density at radius 2 is 1.88 bits per heavy atom. The van der Waals surface area contributed by atoms with Crippen molar-refractivity contribution in [2.24, 2.45) is 0 Å². The summed E-state index contributed by atoms with van der Waals surface area (Å²) < 4.78 is 10.7. The summed E-state index contributed by atoms with van der Waals surface area (Å²) in [6.07, 6.45) is 0. The van der Waals surface area contributed by atoms with Gasteiger partial charge < -0.3 is 14.8 Å². The molecule has 0 saturated carbocycles. The van der Waals surface area contributed by atoms with E-state index in [-0.39, 0.29) is 6.79 Å². The van der Waals surface area contributed by atoms with Gasteiger partial charge in [0.25, 0.3) is 0 Å². The van der Waals surface area contributed by atoms with Gasteiger partial charge in [0.1, 0.15) is 0 Å². The van der Waals surface area contributed by atoms with Crippen molar-refractivity contribution in [3.8, 4) is 11.5 Å². The summed E-state index contributed by atoms with van der Waals surface area (Å²) in [4.78, 5) is 0. The minimum Gasteiger partial charge on any atom is -0.454 e. The van der Waals surface area contributed by atoms with Gasteiger partial charge in [0.05, 0.1) is 5.69 Å². The van der Waals surface area contributed by atoms with Crippen LogP contribution in [-0.2, 0) is 6.54 Å². The Bertz CT molecular complexity index is 719. The van der Waals surface area contributed by atoms with Crippen molar-refractivity contribution >= 4 is 23.0 Å². The summed E-state index contributed by atoms with van der Waals surface area (Å²) >= 11 is 5.40. The number of thiocarbonyl (C=S) groups is 1. The average Bonchev–Trinajstić information content (AvgIpc) is 3.06. The number of anilines is 1. The first-order valence-electron chi connectivity index (χ1n) is 7.93. The zero-order valence-electron chi connectivity index (χ0n) is 13.8. The summed E-state index contributed by atoms with van der Waals surface area (Å²) in [5, 5.41) is 5.81. The standard InChI is InChI=1S/C18H21N3O2S/c1-3-21(15-7-4-13(2)5-8-15)20-18(24)19-11-14-6-9-16-17(10-14)23-12-22-16/h4-10H,3,11-12H2,1-2H3,(H2,19,20,24). The Labute approximate surface area is 147 Å². The highest BCUT2D eigenvalue weighted by Crippen LogP contribution is 2.32. The number of hydrazine groups is 1. The number of ether oxygens (including phenoxy) is 2. The Hall–Kier alpha value is -2.47. The van der Waals surface area contributed by atoms with E-state index < -0.39 is 0 Å². The molecule has 2 aromatic rings. The van der Waals surface area contributed by atoms with Crippen LogP contribution in [0.4, 0.5) is 5.69 Å². The molecule has 2 N–H and O–H groups in total. The molecule has 5 nitrogen and oxygen atoms in total. The maximum Gasteiger partial charge on any atom is 0.231 e. The second-order valence-electron chi connectivity index (χ2n) is 5.56. The Balaban J connectivity index is 1.55. The van der Waals surface area contributed by atoms with Gasteiger partial charge in [-0.2, -0.15) is 0 Å². The molecule has 0 bridgehead atoms. The van der Waals surface area contributed by atoms with E-state index in [1.54, 1.807) is 0 Å². The number of rotatable bonds is 5. The third-order valence-electron chi connectivity index (χ3n) is 3.79. The van der Waals surface area contributed by atoms with Crippen molar-refractivity contribution in [1.82, 2.24) is 10.7 Å². The van der Waals surface area contributed by atoms with Gasteiger partial charge >= 0.3 is 0 Å². The highest BCUT2D eigenvalue weighted by molar-refractivity contribution is 7.80. The van der Waals surface area contributed by atoms with E-state index in [0.29, 0.717) is 11.7 Å². The van der Waals surface area contributed by atoms with Crippen LogP contribution in [0.2, 0.25) is 0 Å². The normalized spacial score (nSPS) is 11.9. The van der Waals surface area contributed by atoms with Crippen molar-refractivity contribution in [3.05, 3.63) is 53.6 Å². The lowest BCUT2D eigenvalue weighted by molar-refractivity contribution is 0.174. The monoisotopic (exact) mass is 343 g/mol. The first-order valence-corrected chi connectivity index (χ1v) is 8.34. The molecular weight excluding hydrogens is 322 g/mol. The zero-order chi connectivity index (χ0) is 16.9. The number of aryl methyl sites for hydroxylation is 1. The second kappa shape index (κ2) is 7.40. The van der Waals surface area contributed by atoms with Gasteiger partial charge in [-0.25, -0.2) is 0 Å². The van der Waals surface area contributed by atoms with Crippen molar-refractivity contribution in [2.45, 2.75) is 20.4 Å². The Kier molecular flexibility index (Phi) is 5.05. The van der Waals surface area contributed by atoms with Crippen LogP contribution in [-0.4, -0.2) is 18.5 Å². The quantitative estimate of drug-likeness (QED) is 0.642. The van der Waals surface area contributed by atoms with Crippen molar-refractivity contribution in [2.75, 3.05) is 18.3 Å². The molecule has 6 heteroatoms. The van der Waals surface area contributed by atoms with Crippen LogP contribution in [0.5, 0.6) is 11.5 Å².